The van der Waals surface area contributed by atoms with Gasteiger partial charge in [-0.05, 0) is 123 Å². The molecule has 0 spiro atoms. The van der Waals surface area contributed by atoms with Crippen molar-refractivity contribution in [1.82, 2.24) is 39.9 Å². The first-order valence-corrected chi connectivity index (χ1v) is 26.8. The van der Waals surface area contributed by atoms with Gasteiger partial charge in [-0.25, -0.2) is 9.97 Å². The molecule has 12 aromatic carbocycles. The molecule has 0 aliphatic carbocycles. The minimum atomic E-state index is 0. The molecule has 0 N–H and O–H groups in total. The molecule has 17 rings (SSSR count). The van der Waals surface area contributed by atoms with E-state index in [1.54, 1.807) is 0 Å². The molecular weight excluding hydrogens is 1040 g/mol. The van der Waals surface area contributed by atoms with Gasteiger partial charge in [0.15, 0.2) is 0 Å². The van der Waals surface area contributed by atoms with Crippen LogP contribution in [0, 0.1) is 0 Å². The Morgan fingerprint density at radius 3 is 0.864 bits per heavy atom. The van der Waals surface area contributed by atoms with Crippen molar-refractivity contribution < 1.29 is 17.1 Å². The summed E-state index contributed by atoms with van der Waals surface area (Å²) in [7, 11) is 0. The largest absolute Gasteiger partial charge is 2.00 e. The average molecular weight is 1080 g/mol. The summed E-state index contributed by atoms with van der Waals surface area (Å²) in [5.41, 5.74) is 13.5. The molecule has 5 heterocycles. The average Bonchev–Trinajstić information content (AvgIpc) is 4.34. The number of rotatable bonds is 4. The molecule has 2 aliphatic heterocycles. The fraction of sp³-hybridized carbons (Fsp3) is 0. The molecule has 8 bridgehead atoms. The third kappa shape index (κ3) is 7.23. The Hall–Kier alpha value is -10.4. The summed E-state index contributed by atoms with van der Waals surface area (Å²) in [6, 6.07) is 85.0. The molecule has 0 fully saturated rings. The number of hydrogen-bond acceptors (Lipinski definition) is 6. The maximum atomic E-state index is 5.68. The van der Waals surface area contributed by atoms with E-state index in [1.165, 1.54) is 0 Å². The summed E-state index contributed by atoms with van der Waals surface area (Å²) < 4.78 is 0. The predicted molar refractivity (Wildman–Crippen MR) is 326 cm³/mol. The summed E-state index contributed by atoms with van der Waals surface area (Å²) in [6.45, 7) is 0. The van der Waals surface area contributed by atoms with Crippen LogP contribution >= 0.6 is 0 Å². The minimum absolute atomic E-state index is 0. The van der Waals surface area contributed by atoms with Crippen LogP contribution in [0.4, 0.5) is 0 Å². The minimum Gasteiger partial charge on any atom is -0.357 e. The Bertz CT molecular complexity index is 4960. The quantitative estimate of drug-likeness (QED) is 0.161. The number of fused-ring (bicyclic) bond motifs is 24. The van der Waals surface area contributed by atoms with E-state index in [4.69, 9.17) is 39.9 Å². The normalized spacial score (nSPS) is 11.9. The Kier molecular flexibility index (Phi) is 10.6. The van der Waals surface area contributed by atoms with E-state index in [9.17, 15) is 0 Å². The third-order valence-electron chi connectivity index (χ3n) is 16.0. The summed E-state index contributed by atoms with van der Waals surface area (Å²) in [5.74, 6) is 1.95. The fourth-order valence-corrected chi connectivity index (χ4v) is 12.6. The summed E-state index contributed by atoms with van der Waals surface area (Å²) in [6.07, 6.45) is 0. The van der Waals surface area contributed by atoms with Crippen LogP contribution in [0.2, 0.25) is 0 Å². The molecule has 0 saturated heterocycles. The van der Waals surface area contributed by atoms with E-state index < -0.39 is 0 Å². The van der Waals surface area contributed by atoms with Gasteiger partial charge in [-0.15, -0.1) is 0 Å². The molecule has 8 nitrogen and oxygen atoms in total. The van der Waals surface area contributed by atoms with Gasteiger partial charge in [0.1, 0.15) is 0 Å². The van der Waals surface area contributed by atoms with Gasteiger partial charge in [-0.1, -0.05) is 218 Å². The molecule has 0 amide bonds. The topological polar surface area (TPSA) is 106 Å². The third-order valence-corrected chi connectivity index (χ3v) is 16.0. The fourth-order valence-electron chi connectivity index (χ4n) is 12.6. The first kappa shape index (κ1) is 46.6. The standard InChI is InChI=1S/C72H40N8.Cu/c1-5-21-41(22-6-1)57-49-33-17-13-29-45(49)37-53-61(57)69-73-65(53)78-70-63-55(39-47-31-15-19-35-51(47)59(63)43-25-9-3-10-26-43)67(75-70)80-72-64-56(40-48-32-16-20-36-52(48)60(64)44-27-11-4-12-28-44)68(76-72)79-71-62-54(66(74-71)77-69)38-46-30-14-18-34-50(46)58(62)42-23-7-2-8-24-42;/h1-40H;/q-2;+2. The zero-order chi connectivity index (χ0) is 52.4. The van der Waals surface area contributed by atoms with Crippen molar-refractivity contribution in [3.63, 3.8) is 0 Å². The van der Waals surface area contributed by atoms with Crippen LogP contribution in [-0.4, -0.2) is 29.9 Å². The zero-order valence-electron chi connectivity index (χ0n) is 43.0. The van der Waals surface area contributed by atoms with Crippen LogP contribution < -0.4 is 9.97 Å². The van der Waals surface area contributed by atoms with Gasteiger partial charge in [-0.3, -0.25) is 0 Å². The van der Waals surface area contributed by atoms with E-state index in [0.717, 1.165) is 131 Å². The van der Waals surface area contributed by atoms with Crippen LogP contribution in [0.15, 0.2) is 243 Å². The molecule has 15 aromatic rings. The second-order valence-corrected chi connectivity index (χ2v) is 20.5. The zero-order valence-corrected chi connectivity index (χ0v) is 43.9. The summed E-state index contributed by atoms with van der Waals surface area (Å²) >= 11 is 0. The number of benzene rings is 12. The van der Waals surface area contributed by atoms with Crippen LogP contribution in [0.5, 0.6) is 0 Å². The van der Waals surface area contributed by atoms with E-state index in [0.29, 0.717) is 45.9 Å². The number of hydrogen-bond donors (Lipinski definition) is 0. The number of aromatic nitrogens is 8. The predicted octanol–water partition coefficient (Wildman–Crippen LogP) is 17.4. The van der Waals surface area contributed by atoms with E-state index in [-0.39, 0.29) is 17.1 Å². The van der Waals surface area contributed by atoms with Crippen LogP contribution in [-0.2, 0) is 17.1 Å². The van der Waals surface area contributed by atoms with Gasteiger partial charge in [0.05, 0.1) is 23.3 Å². The van der Waals surface area contributed by atoms with Gasteiger partial charge in [0, 0.05) is 55.6 Å². The summed E-state index contributed by atoms with van der Waals surface area (Å²) in [4.78, 5) is 45.0. The van der Waals surface area contributed by atoms with Crippen LogP contribution in [0.3, 0.4) is 0 Å². The molecule has 0 unspecified atom stereocenters. The second-order valence-electron chi connectivity index (χ2n) is 20.5. The molecule has 2 aliphatic rings. The molecule has 0 atom stereocenters. The molecule has 1 radical (unpaired) electrons. The first-order chi connectivity index (χ1) is 39.7. The van der Waals surface area contributed by atoms with Gasteiger partial charge in [-0.2, -0.15) is 0 Å². The van der Waals surface area contributed by atoms with Gasteiger partial charge in [0.2, 0.25) is 0 Å². The SMILES string of the molecule is [Cu+2].c1ccc(-c2c3c(cc4ccccc24)-c2nc-3nc3[n-]c(nc4nc(nc5[n-]c(n2)c2c(-c6ccccc6)c6ccccc6cc52)-c2c-4cc4ccccc4c2-c2ccccc2)c2c(-c4ccccc4)c4ccccc4cc32)cc1. The molecule has 0 saturated carbocycles. The summed E-state index contributed by atoms with van der Waals surface area (Å²) in [5, 5.41) is 11.9. The maximum Gasteiger partial charge on any atom is 2.00 e. The Labute approximate surface area is 474 Å². The number of nitrogens with zero attached hydrogens (tertiary/aromatic N) is 8. The van der Waals surface area contributed by atoms with Crippen molar-refractivity contribution in [3.8, 4) is 90.1 Å². The van der Waals surface area contributed by atoms with Crippen molar-refractivity contribution in [2.45, 2.75) is 0 Å². The van der Waals surface area contributed by atoms with Gasteiger partial charge in [0.25, 0.3) is 0 Å². The van der Waals surface area contributed by atoms with E-state index >= 15 is 0 Å². The first-order valence-electron chi connectivity index (χ1n) is 26.8. The molecule has 3 aromatic heterocycles. The molecule has 9 heteroatoms. The smallest absolute Gasteiger partial charge is 0.357 e. The van der Waals surface area contributed by atoms with Gasteiger partial charge >= 0.3 is 17.1 Å². The molecular formula is C72H40CuN8. The Morgan fingerprint density at radius 1 is 0.222 bits per heavy atom. The van der Waals surface area contributed by atoms with Crippen LogP contribution in [0.1, 0.15) is 0 Å². The second kappa shape index (κ2) is 18.3. The van der Waals surface area contributed by atoms with Crippen molar-refractivity contribution in [2.24, 2.45) is 0 Å². The van der Waals surface area contributed by atoms with Crippen molar-refractivity contribution in [3.05, 3.63) is 243 Å². The van der Waals surface area contributed by atoms with E-state index in [1.807, 2.05) is 0 Å². The Morgan fingerprint density at radius 2 is 0.506 bits per heavy atom. The Balaban J connectivity index is 0.00000542. The maximum absolute atomic E-state index is 5.68. The van der Waals surface area contributed by atoms with E-state index in [2.05, 4.69) is 243 Å². The van der Waals surface area contributed by atoms with Crippen molar-refractivity contribution in [1.29, 1.82) is 0 Å². The monoisotopic (exact) mass is 1080 g/mol. The van der Waals surface area contributed by atoms with Crippen molar-refractivity contribution >= 4 is 87.2 Å². The molecule has 81 heavy (non-hydrogen) atoms. The molecule has 379 valence electrons. The van der Waals surface area contributed by atoms with Gasteiger partial charge < -0.3 is 29.9 Å². The van der Waals surface area contributed by atoms with Crippen LogP contribution in [0.25, 0.3) is 177 Å². The van der Waals surface area contributed by atoms with Crippen molar-refractivity contribution in [2.75, 3.05) is 0 Å².